The number of anilines is 1. The van der Waals surface area contributed by atoms with E-state index in [0.29, 0.717) is 19.5 Å². The number of oxime groups is 1. The number of benzene rings is 1. The molecular formula is C19H21N5O2. The number of hydrogen-bond acceptors (Lipinski definition) is 6. The topological polar surface area (TPSA) is 110 Å². The average molecular weight is 351 g/mol. The molecule has 0 saturated carbocycles. The maximum Gasteiger partial charge on any atom is 0.284 e. The minimum absolute atomic E-state index is 0.387. The largest absolute Gasteiger partial charge is 0.410 e. The number of nitrogens with zero attached hydrogens (tertiary/aromatic N) is 3. The molecule has 0 radical (unpaired) electrons. The lowest BCUT2D eigenvalue weighted by Crippen LogP contribution is -2.31. The second-order valence-electron chi connectivity index (χ2n) is 6.23. The molecule has 1 amide bonds. The summed E-state index contributed by atoms with van der Waals surface area (Å²) in [4.78, 5) is 16.4. The van der Waals surface area contributed by atoms with Gasteiger partial charge in [0.2, 0.25) is 5.71 Å². The van der Waals surface area contributed by atoms with Crippen LogP contribution < -0.4 is 10.6 Å². The summed E-state index contributed by atoms with van der Waals surface area (Å²) >= 11 is 0. The second-order valence-corrected chi connectivity index (χ2v) is 6.23. The molecule has 0 aliphatic heterocycles. The molecule has 3 N–H and O–H groups in total. The van der Waals surface area contributed by atoms with Crippen molar-refractivity contribution in [1.29, 1.82) is 5.26 Å². The first-order chi connectivity index (χ1) is 12.7. The van der Waals surface area contributed by atoms with E-state index < -0.39 is 11.6 Å². The first-order valence-electron chi connectivity index (χ1n) is 8.79. The van der Waals surface area contributed by atoms with Crippen molar-refractivity contribution in [3.05, 3.63) is 35.5 Å². The van der Waals surface area contributed by atoms with Gasteiger partial charge >= 0.3 is 0 Å². The minimum atomic E-state index is -0.665. The van der Waals surface area contributed by atoms with E-state index in [9.17, 15) is 4.79 Å². The second kappa shape index (κ2) is 8.30. The Balaban J connectivity index is 1.66. The first kappa shape index (κ1) is 17.7. The summed E-state index contributed by atoms with van der Waals surface area (Å²) in [5.41, 5.74) is 4.10. The van der Waals surface area contributed by atoms with Gasteiger partial charge in [0.05, 0.1) is 5.52 Å². The Morgan fingerprint density at radius 1 is 1.27 bits per heavy atom. The molecule has 7 nitrogen and oxygen atoms in total. The van der Waals surface area contributed by atoms with Gasteiger partial charge in [0.1, 0.15) is 6.07 Å². The summed E-state index contributed by atoms with van der Waals surface area (Å²) in [7, 11) is 0. The van der Waals surface area contributed by atoms with E-state index in [1.54, 1.807) is 0 Å². The summed E-state index contributed by atoms with van der Waals surface area (Å²) < 4.78 is 0. The monoisotopic (exact) mass is 351 g/mol. The molecule has 0 saturated heterocycles. The SMILES string of the molecule is N#C/C(=N\O)C(=O)NCCCNc1c2c(nc3ccccc13)CCCC2. The number of amides is 1. The number of hydrogen-bond donors (Lipinski definition) is 3. The van der Waals surface area contributed by atoms with Crippen LogP contribution in [-0.2, 0) is 17.6 Å². The van der Waals surface area contributed by atoms with Gasteiger partial charge < -0.3 is 15.8 Å². The van der Waals surface area contributed by atoms with E-state index >= 15 is 0 Å². The molecule has 0 atom stereocenters. The normalized spacial score (nSPS) is 13.7. The van der Waals surface area contributed by atoms with E-state index in [0.717, 1.165) is 29.4 Å². The molecule has 0 fully saturated rings. The van der Waals surface area contributed by atoms with E-state index in [1.165, 1.54) is 30.2 Å². The number of aryl methyl sites for hydroxylation is 1. The Hall–Kier alpha value is -3.14. The van der Waals surface area contributed by atoms with Crippen molar-refractivity contribution in [1.82, 2.24) is 10.3 Å². The van der Waals surface area contributed by atoms with E-state index in [-0.39, 0.29) is 0 Å². The fourth-order valence-electron chi connectivity index (χ4n) is 3.28. The van der Waals surface area contributed by atoms with Crippen molar-refractivity contribution in [2.45, 2.75) is 32.1 Å². The number of para-hydroxylation sites is 1. The lowest BCUT2D eigenvalue weighted by molar-refractivity contribution is -0.114. The molecule has 1 aliphatic carbocycles. The molecule has 1 aliphatic rings. The molecule has 0 unspecified atom stereocenters. The highest BCUT2D eigenvalue weighted by Crippen LogP contribution is 2.33. The average Bonchev–Trinajstić information content (AvgIpc) is 2.68. The third-order valence-electron chi connectivity index (χ3n) is 4.53. The number of rotatable bonds is 6. The Morgan fingerprint density at radius 3 is 2.88 bits per heavy atom. The highest BCUT2D eigenvalue weighted by atomic mass is 16.4. The van der Waals surface area contributed by atoms with Crippen LogP contribution >= 0.6 is 0 Å². The summed E-state index contributed by atoms with van der Waals surface area (Å²) in [6, 6.07) is 9.67. The van der Waals surface area contributed by atoms with Crippen LogP contribution in [0.3, 0.4) is 0 Å². The summed E-state index contributed by atoms with van der Waals surface area (Å²) in [5, 5.41) is 27.0. The number of fused-ring (bicyclic) bond motifs is 2. The third kappa shape index (κ3) is 3.75. The predicted octanol–water partition coefficient (Wildman–Crippen LogP) is 2.39. The number of aromatic nitrogens is 1. The number of carbonyl (C=O) groups excluding carboxylic acids is 1. The van der Waals surface area contributed by atoms with Gasteiger partial charge in [-0.3, -0.25) is 9.78 Å². The molecule has 0 spiro atoms. The Labute approximate surface area is 151 Å². The van der Waals surface area contributed by atoms with Gasteiger partial charge in [-0.15, -0.1) is 0 Å². The number of nitriles is 1. The van der Waals surface area contributed by atoms with Crippen molar-refractivity contribution in [3.63, 3.8) is 0 Å². The van der Waals surface area contributed by atoms with Gasteiger partial charge in [-0.05, 0) is 43.7 Å². The van der Waals surface area contributed by atoms with Crippen LogP contribution in [0.5, 0.6) is 0 Å². The Bertz CT molecular complexity index is 885. The Kier molecular flexibility index (Phi) is 5.64. The van der Waals surface area contributed by atoms with E-state index in [1.807, 2.05) is 18.2 Å². The quantitative estimate of drug-likeness (QED) is 0.320. The van der Waals surface area contributed by atoms with Crippen LogP contribution in [0.2, 0.25) is 0 Å². The molecule has 0 bridgehead atoms. The zero-order valence-electron chi connectivity index (χ0n) is 14.5. The molecule has 2 aromatic rings. The third-order valence-corrected chi connectivity index (χ3v) is 4.53. The van der Waals surface area contributed by atoms with Gasteiger partial charge in [0, 0.05) is 29.9 Å². The molecule has 1 heterocycles. The number of pyridine rings is 1. The first-order valence-corrected chi connectivity index (χ1v) is 8.79. The smallest absolute Gasteiger partial charge is 0.284 e. The van der Waals surface area contributed by atoms with Crippen LogP contribution in [0.15, 0.2) is 29.4 Å². The molecular weight excluding hydrogens is 330 g/mol. The van der Waals surface area contributed by atoms with Crippen molar-refractivity contribution < 1.29 is 10.0 Å². The molecule has 7 heteroatoms. The van der Waals surface area contributed by atoms with Crippen LogP contribution in [0, 0.1) is 11.3 Å². The van der Waals surface area contributed by atoms with Crippen LogP contribution in [0.4, 0.5) is 5.69 Å². The lowest BCUT2D eigenvalue weighted by atomic mass is 9.92. The molecule has 26 heavy (non-hydrogen) atoms. The maximum absolute atomic E-state index is 11.6. The summed E-state index contributed by atoms with van der Waals surface area (Å²) in [5.74, 6) is -0.665. The highest BCUT2D eigenvalue weighted by molar-refractivity contribution is 6.44. The number of nitrogens with one attached hydrogen (secondary N) is 2. The fraction of sp³-hybridized carbons (Fsp3) is 0.368. The van der Waals surface area contributed by atoms with E-state index in [2.05, 4.69) is 21.9 Å². The Morgan fingerprint density at radius 2 is 2.08 bits per heavy atom. The predicted molar refractivity (Wildman–Crippen MR) is 99.3 cm³/mol. The van der Waals surface area contributed by atoms with Crippen LogP contribution in [0.25, 0.3) is 10.9 Å². The van der Waals surface area contributed by atoms with Gasteiger partial charge in [-0.2, -0.15) is 5.26 Å². The van der Waals surface area contributed by atoms with Gasteiger partial charge in [-0.25, -0.2) is 0 Å². The summed E-state index contributed by atoms with van der Waals surface area (Å²) in [6.45, 7) is 1.07. The minimum Gasteiger partial charge on any atom is -0.410 e. The van der Waals surface area contributed by atoms with Crippen molar-refractivity contribution in [3.8, 4) is 6.07 Å². The zero-order chi connectivity index (χ0) is 18.4. The molecule has 1 aromatic carbocycles. The lowest BCUT2D eigenvalue weighted by Gasteiger charge is -2.21. The maximum atomic E-state index is 11.6. The van der Waals surface area contributed by atoms with Crippen LogP contribution in [-0.4, -0.2) is 34.9 Å². The van der Waals surface area contributed by atoms with Gasteiger partial charge in [0.25, 0.3) is 5.91 Å². The molecule has 1 aromatic heterocycles. The summed E-state index contributed by atoms with van der Waals surface area (Å²) in [6.07, 6.45) is 5.08. The van der Waals surface area contributed by atoms with Gasteiger partial charge in [0.15, 0.2) is 0 Å². The van der Waals surface area contributed by atoms with Crippen molar-refractivity contribution in [2.24, 2.45) is 5.16 Å². The number of carbonyl (C=O) groups is 1. The fourth-order valence-corrected chi connectivity index (χ4v) is 3.28. The van der Waals surface area contributed by atoms with Crippen molar-refractivity contribution >= 4 is 28.2 Å². The van der Waals surface area contributed by atoms with Crippen LogP contribution in [0.1, 0.15) is 30.5 Å². The van der Waals surface area contributed by atoms with Gasteiger partial charge in [-0.1, -0.05) is 23.4 Å². The van der Waals surface area contributed by atoms with E-state index in [4.69, 9.17) is 15.5 Å². The zero-order valence-corrected chi connectivity index (χ0v) is 14.5. The molecule has 134 valence electrons. The highest BCUT2D eigenvalue weighted by Gasteiger charge is 2.17. The standard InChI is InChI=1S/C19H21N5O2/c20-12-17(24-26)19(25)22-11-5-10-21-18-13-6-1-3-8-15(13)23-16-9-4-2-7-14(16)18/h1,3,6,8,26H,2,4-5,7,9-11H2,(H,21,23)(H,22,25)/b24-17+. The molecule has 3 rings (SSSR count). The van der Waals surface area contributed by atoms with Crippen molar-refractivity contribution in [2.75, 3.05) is 18.4 Å².